The van der Waals surface area contributed by atoms with Crippen LogP contribution in [0.3, 0.4) is 0 Å². The number of rotatable bonds is 5. The zero-order chi connectivity index (χ0) is 16.5. The van der Waals surface area contributed by atoms with Crippen LogP contribution in [-0.4, -0.2) is 44.2 Å². The largest absolute Gasteiger partial charge is 0.508 e. The molecule has 1 heterocycles. The Bertz CT molecular complexity index is 602. The number of nitrogens with two attached hydrogens (primary N) is 1. The van der Waals surface area contributed by atoms with Crippen LogP contribution in [0.2, 0.25) is 0 Å². The topological polar surface area (TPSA) is 83.5 Å². The van der Waals surface area contributed by atoms with Gasteiger partial charge in [0.15, 0.2) is 6.04 Å². The van der Waals surface area contributed by atoms with E-state index in [1.807, 2.05) is 14.0 Å². The van der Waals surface area contributed by atoms with Crippen molar-refractivity contribution in [3.8, 4) is 5.75 Å². The monoisotopic (exact) mass is 307 g/mol. The fourth-order valence-electron chi connectivity index (χ4n) is 3.11. The standard InChI is InChI=1S/C16H22N2O4/c1-16(8-7-12(17-2)14(20)22-4)11-9-10(19)5-6-13(11)18(3)15(16)21/h5-6,9,12,17,19H,7-8H2,1-4H3/p+1/t12-,16+/m1/s1. The number of aromatic hydroxyl groups is 1. The highest BCUT2D eigenvalue weighted by atomic mass is 16.5. The lowest BCUT2D eigenvalue weighted by Gasteiger charge is -2.24. The average Bonchev–Trinajstić information content (AvgIpc) is 2.69. The Kier molecular flexibility index (Phi) is 4.42. The molecule has 6 heteroatoms. The van der Waals surface area contributed by atoms with Crippen molar-refractivity contribution in [3.05, 3.63) is 23.8 Å². The van der Waals surface area contributed by atoms with E-state index in [2.05, 4.69) is 0 Å². The number of phenolic OH excluding ortho intramolecular Hbond substituents is 1. The Morgan fingerprint density at radius 2 is 2.18 bits per heavy atom. The molecule has 3 N–H and O–H groups in total. The third-order valence-electron chi connectivity index (χ3n) is 4.57. The number of carbonyl (C=O) groups is 2. The number of quaternary nitrogens is 1. The number of methoxy groups -OCH3 is 1. The zero-order valence-electron chi connectivity index (χ0n) is 13.4. The minimum Gasteiger partial charge on any atom is -0.508 e. The van der Waals surface area contributed by atoms with Crippen LogP contribution in [0.25, 0.3) is 0 Å². The summed E-state index contributed by atoms with van der Waals surface area (Å²) in [6.07, 6.45) is 1.03. The van der Waals surface area contributed by atoms with E-state index in [0.717, 1.165) is 11.3 Å². The number of carbonyl (C=O) groups excluding carboxylic acids is 2. The fraction of sp³-hybridized carbons (Fsp3) is 0.500. The van der Waals surface area contributed by atoms with Gasteiger partial charge in [0.05, 0.1) is 19.6 Å². The minimum atomic E-state index is -0.738. The second-order valence-corrected chi connectivity index (χ2v) is 5.90. The summed E-state index contributed by atoms with van der Waals surface area (Å²) in [6.45, 7) is 1.86. The third-order valence-corrected chi connectivity index (χ3v) is 4.57. The van der Waals surface area contributed by atoms with Crippen molar-refractivity contribution in [3.63, 3.8) is 0 Å². The summed E-state index contributed by atoms with van der Waals surface area (Å²) in [5.74, 6) is -0.173. The zero-order valence-corrected chi connectivity index (χ0v) is 13.4. The molecule has 1 aromatic carbocycles. The van der Waals surface area contributed by atoms with Crippen LogP contribution in [-0.2, 0) is 19.7 Å². The predicted molar refractivity (Wildman–Crippen MR) is 81.8 cm³/mol. The molecule has 1 aromatic rings. The van der Waals surface area contributed by atoms with Crippen molar-refractivity contribution in [1.29, 1.82) is 0 Å². The quantitative estimate of drug-likeness (QED) is 0.758. The highest BCUT2D eigenvalue weighted by Gasteiger charge is 2.46. The summed E-state index contributed by atoms with van der Waals surface area (Å²) in [5, 5.41) is 11.5. The van der Waals surface area contributed by atoms with E-state index in [0.29, 0.717) is 12.8 Å². The van der Waals surface area contributed by atoms with Gasteiger partial charge in [0.25, 0.3) is 0 Å². The molecule has 0 saturated heterocycles. The molecule has 6 nitrogen and oxygen atoms in total. The summed E-state index contributed by atoms with van der Waals surface area (Å²) < 4.78 is 4.78. The number of nitrogens with zero attached hydrogens (tertiary/aromatic N) is 1. The number of benzene rings is 1. The Balaban J connectivity index is 2.28. The molecule has 1 amide bonds. The van der Waals surface area contributed by atoms with Crippen LogP contribution in [0.15, 0.2) is 18.2 Å². The van der Waals surface area contributed by atoms with E-state index in [9.17, 15) is 14.7 Å². The molecular weight excluding hydrogens is 284 g/mol. The van der Waals surface area contributed by atoms with E-state index in [4.69, 9.17) is 4.74 Å². The molecule has 0 unspecified atom stereocenters. The van der Waals surface area contributed by atoms with E-state index < -0.39 is 5.41 Å². The number of fused-ring (bicyclic) bond motifs is 1. The van der Waals surface area contributed by atoms with Gasteiger partial charge in [-0.25, -0.2) is 4.79 Å². The molecule has 2 rings (SSSR count). The van der Waals surface area contributed by atoms with Crippen LogP contribution in [0.1, 0.15) is 25.3 Å². The first-order chi connectivity index (χ1) is 10.3. The molecule has 0 saturated carbocycles. The summed E-state index contributed by atoms with van der Waals surface area (Å²) in [6, 6.07) is 4.63. The minimum absolute atomic E-state index is 0.0205. The maximum atomic E-state index is 12.7. The van der Waals surface area contributed by atoms with Gasteiger partial charge in [-0.05, 0) is 37.1 Å². The normalized spacial score (nSPS) is 21.6. The number of phenols is 1. The fourth-order valence-corrected chi connectivity index (χ4v) is 3.11. The molecule has 2 atom stereocenters. The second-order valence-electron chi connectivity index (χ2n) is 5.90. The van der Waals surface area contributed by atoms with E-state index in [-0.39, 0.29) is 23.7 Å². The van der Waals surface area contributed by atoms with Gasteiger partial charge in [0.1, 0.15) is 5.75 Å². The molecule has 1 aliphatic rings. The third kappa shape index (κ3) is 2.54. The lowest BCUT2D eigenvalue weighted by molar-refractivity contribution is -0.652. The van der Waals surface area contributed by atoms with Crippen molar-refractivity contribution in [2.45, 2.75) is 31.2 Å². The van der Waals surface area contributed by atoms with Gasteiger partial charge in [-0.3, -0.25) is 4.79 Å². The number of ether oxygens (including phenoxy) is 1. The van der Waals surface area contributed by atoms with Crippen molar-refractivity contribution in [1.82, 2.24) is 0 Å². The number of likely N-dealkylation sites (N-methyl/N-ethyl adjacent to an activating group) is 2. The van der Waals surface area contributed by atoms with Gasteiger partial charge in [0.2, 0.25) is 5.91 Å². The first-order valence-corrected chi connectivity index (χ1v) is 7.34. The van der Waals surface area contributed by atoms with E-state index >= 15 is 0 Å². The molecule has 0 spiro atoms. The van der Waals surface area contributed by atoms with Crippen molar-refractivity contribution < 1.29 is 24.7 Å². The lowest BCUT2D eigenvalue weighted by atomic mass is 9.78. The number of anilines is 1. The number of esters is 1. The summed E-state index contributed by atoms with van der Waals surface area (Å²) in [4.78, 5) is 26.0. The Morgan fingerprint density at radius 1 is 1.50 bits per heavy atom. The molecular formula is C16H23N2O4+. The molecule has 120 valence electrons. The summed E-state index contributed by atoms with van der Waals surface area (Å²) in [7, 11) is 4.90. The first-order valence-electron chi connectivity index (χ1n) is 7.34. The maximum absolute atomic E-state index is 12.7. The lowest BCUT2D eigenvalue weighted by Crippen LogP contribution is -2.88. The Labute approximate surface area is 130 Å². The van der Waals surface area contributed by atoms with Gasteiger partial charge in [-0.1, -0.05) is 0 Å². The van der Waals surface area contributed by atoms with Gasteiger partial charge in [-0.2, -0.15) is 0 Å². The van der Waals surface area contributed by atoms with Crippen molar-refractivity contribution >= 4 is 17.6 Å². The van der Waals surface area contributed by atoms with Crippen LogP contribution >= 0.6 is 0 Å². The highest BCUT2D eigenvalue weighted by Crippen LogP contribution is 2.45. The number of amides is 1. The van der Waals surface area contributed by atoms with Gasteiger partial charge in [-0.15, -0.1) is 0 Å². The van der Waals surface area contributed by atoms with Crippen LogP contribution in [0.4, 0.5) is 5.69 Å². The first kappa shape index (κ1) is 16.3. The smallest absolute Gasteiger partial charge is 0.364 e. The predicted octanol–water partition coefficient (Wildman–Crippen LogP) is 0.141. The van der Waals surface area contributed by atoms with Gasteiger partial charge < -0.3 is 20.1 Å². The maximum Gasteiger partial charge on any atom is 0.364 e. The molecule has 0 radical (unpaired) electrons. The SMILES string of the molecule is C[NH2+][C@H](CC[C@]1(C)C(=O)N(C)c2ccc(O)cc21)C(=O)OC. The van der Waals surface area contributed by atoms with Gasteiger partial charge >= 0.3 is 5.97 Å². The second kappa shape index (κ2) is 5.96. The molecule has 1 aliphatic heterocycles. The van der Waals surface area contributed by atoms with Crippen LogP contribution in [0, 0.1) is 0 Å². The average molecular weight is 307 g/mol. The molecule has 0 aliphatic carbocycles. The molecule has 0 aromatic heterocycles. The van der Waals surface area contributed by atoms with Crippen LogP contribution in [0.5, 0.6) is 5.75 Å². The Hall–Kier alpha value is -2.08. The van der Waals surface area contributed by atoms with Crippen LogP contribution < -0.4 is 10.2 Å². The van der Waals surface area contributed by atoms with E-state index in [1.54, 1.807) is 35.5 Å². The molecule has 0 fully saturated rings. The number of hydrogen-bond acceptors (Lipinski definition) is 4. The molecule has 0 bridgehead atoms. The Morgan fingerprint density at radius 3 is 2.77 bits per heavy atom. The van der Waals surface area contributed by atoms with Crippen molar-refractivity contribution in [2.24, 2.45) is 0 Å². The van der Waals surface area contributed by atoms with E-state index in [1.165, 1.54) is 7.11 Å². The summed E-state index contributed by atoms with van der Waals surface area (Å²) in [5.41, 5.74) is 0.873. The number of hydrogen-bond donors (Lipinski definition) is 2. The van der Waals surface area contributed by atoms with Crippen molar-refractivity contribution in [2.75, 3.05) is 26.1 Å². The van der Waals surface area contributed by atoms with Gasteiger partial charge in [0, 0.05) is 19.2 Å². The summed E-state index contributed by atoms with van der Waals surface area (Å²) >= 11 is 0. The molecule has 22 heavy (non-hydrogen) atoms. The highest BCUT2D eigenvalue weighted by molar-refractivity contribution is 6.07.